The summed E-state index contributed by atoms with van der Waals surface area (Å²) < 4.78 is 45.6. The zero-order valence-electron chi connectivity index (χ0n) is 23.5. The van der Waals surface area contributed by atoms with Crippen LogP contribution < -0.4 is 20.1 Å². The smallest absolute Gasteiger partial charge is 0.408 e. The number of nitrogens with one attached hydrogen (secondary N) is 2. The summed E-state index contributed by atoms with van der Waals surface area (Å²) >= 11 is 0. The van der Waals surface area contributed by atoms with Crippen LogP contribution in [0.5, 0.6) is 11.5 Å². The Morgan fingerprint density at radius 2 is 1.05 bits per heavy atom. The van der Waals surface area contributed by atoms with Gasteiger partial charge in [0, 0.05) is 0 Å². The third kappa shape index (κ3) is 8.19. The van der Waals surface area contributed by atoms with E-state index in [-0.39, 0.29) is 13.2 Å². The lowest BCUT2D eigenvalue weighted by atomic mass is 9.93. The summed E-state index contributed by atoms with van der Waals surface area (Å²) in [4.78, 5) is 24.6. The molecule has 0 saturated carbocycles. The summed E-state index contributed by atoms with van der Waals surface area (Å²) in [6, 6.07) is 14.6. The Balaban J connectivity index is 1.41. The summed E-state index contributed by atoms with van der Waals surface area (Å²) in [5, 5.41) is 5.73. The number of methoxy groups -OCH3 is 2. The fourth-order valence-electron chi connectivity index (χ4n) is 4.08. The van der Waals surface area contributed by atoms with Gasteiger partial charge in [-0.3, -0.25) is 0 Å². The van der Waals surface area contributed by atoms with Gasteiger partial charge < -0.3 is 47.7 Å². The highest BCUT2D eigenvalue weighted by molar-refractivity contribution is 7.48. The van der Waals surface area contributed by atoms with Crippen molar-refractivity contribution < 1.29 is 46.6 Å². The molecule has 0 aromatic heterocycles. The zero-order chi connectivity index (χ0) is 29.2. The quantitative estimate of drug-likeness (QED) is 0.328. The molecule has 14 heteroatoms. The molecule has 2 aliphatic rings. The van der Waals surface area contributed by atoms with E-state index in [1.807, 2.05) is 48.5 Å². The molecule has 2 heterocycles. The lowest BCUT2D eigenvalue weighted by molar-refractivity contribution is -0.0560. The number of carbonyl (C=O) groups excluding carboxylic acids is 2. The van der Waals surface area contributed by atoms with Crippen LogP contribution in [0.1, 0.15) is 36.5 Å². The van der Waals surface area contributed by atoms with Gasteiger partial charge in [-0.15, -0.1) is 0 Å². The predicted molar refractivity (Wildman–Crippen MR) is 152 cm³/mol. The van der Waals surface area contributed by atoms with Crippen LogP contribution in [0, 0.1) is 5.41 Å². The van der Waals surface area contributed by atoms with Gasteiger partial charge in [0.15, 0.2) is 16.8 Å². The van der Waals surface area contributed by atoms with Crippen molar-refractivity contribution in [2.24, 2.45) is 5.41 Å². The van der Waals surface area contributed by atoms with Crippen LogP contribution in [0.25, 0.3) is 0 Å². The minimum absolute atomic E-state index is 0.240. The fraction of sp³-hybridized carbons (Fsp3) is 0.481. The number of hydrogen-bond donors (Lipinski definition) is 2. The monoisotopic (exact) mass is 610 g/mol. The first-order valence-electron chi connectivity index (χ1n) is 13.1. The van der Waals surface area contributed by atoms with Crippen LogP contribution in [0.3, 0.4) is 0 Å². The number of rotatable bonds is 10. The van der Waals surface area contributed by atoms with E-state index in [9.17, 15) is 9.59 Å². The van der Waals surface area contributed by atoms with Gasteiger partial charge in [-0.25, -0.2) is 9.59 Å². The molecular weight excluding hydrogens is 574 g/mol. The van der Waals surface area contributed by atoms with E-state index in [0.29, 0.717) is 37.9 Å². The minimum atomic E-state index is -1.54. The molecule has 2 N–H and O–H groups in total. The van der Waals surface area contributed by atoms with Crippen LogP contribution in [0.15, 0.2) is 48.5 Å². The molecule has 2 aliphatic heterocycles. The van der Waals surface area contributed by atoms with Crippen LogP contribution in [-0.4, -0.2) is 66.0 Å². The Morgan fingerprint density at radius 3 is 1.34 bits per heavy atom. The SMILES string of the molecule is CCOC(=O)NC(c1ccc(OC)cc1)P1OCC2(CO1)COP(C(NC(=O)OCC)c1ccc(OC)cc1)OC2. The fourth-order valence-corrected chi connectivity index (χ4v) is 7.68. The van der Waals surface area contributed by atoms with Crippen LogP contribution in [0.4, 0.5) is 9.59 Å². The second-order valence-corrected chi connectivity index (χ2v) is 12.5. The van der Waals surface area contributed by atoms with Crippen molar-refractivity contribution in [3.8, 4) is 11.5 Å². The topological polar surface area (TPSA) is 132 Å². The standard InChI is InChI=1S/C27H36N2O10P2/c1-5-34-25(30)28-23(19-7-11-21(32-3)12-8-19)40-36-15-27(16-37-40)17-38-41(39-18-27)24(29-26(31)35-6-2)20-9-13-22(33-4)14-10-20/h7-14,23-24H,5-6,15-18H2,1-4H3,(H,28,30)(H,29,31). The molecule has 224 valence electrons. The number of benzene rings is 2. The van der Waals surface area contributed by atoms with E-state index >= 15 is 0 Å². The van der Waals surface area contributed by atoms with E-state index in [0.717, 1.165) is 11.1 Å². The van der Waals surface area contributed by atoms with E-state index in [1.165, 1.54) is 0 Å². The first kappa shape index (κ1) is 31.2. The molecule has 2 fully saturated rings. The molecule has 12 nitrogen and oxygen atoms in total. The van der Waals surface area contributed by atoms with Gasteiger partial charge in [0.25, 0.3) is 0 Å². The Bertz CT molecular complexity index is 1030. The molecule has 2 unspecified atom stereocenters. The zero-order valence-corrected chi connectivity index (χ0v) is 25.3. The van der Waals surface area contributed by atoms with E-state index in [2.05, 4.69) is 10.6 Å². The van der Waals surface area contributed by atoms with E-state index < -0.39 is 45.9 Å². The summed E-state index contributed by atoms with van der Waals surface area (Å²) in [6.07, 6.45) is -1.12. The molecule has 1 spiro atoms. The van der Waals surface area contributed by atoms with Gasteiger partial charge in [0.05, 0.1) is 59.3 Å². The van der Waals surface area contributed by atoms with Crippen molar-refractivity contribution in [2.45, 2.75) is 25.4 Å². The number of carbonyl (C=O) groups is 2. The minimum Gasteiger partial charge on any atom is -0.497 e. The molecule has 4 rings (SSSR count). The maximum atomic E-state index is 12.3. The van der Waals surface area contributed by atoms with Gasteiger partial charge in [-0.1, -0.05) is 24.3 Å². The van der Waals surface area contributed by atoms with Crippen LogP contribution >= 0.6 is 16.8 Å². The molecule has 0 aliphatic carbocycles. The number of amides is 2. The van der Waals surface area contributed by atoms with Crippen LogP contribution in [0.2, 0.25) is 0 Å². The van der Waals surface area contributed by atoms with E-state index in [4.69, 9.17) is 37.0 Å². The molecule has 0 radical (unpaired) electrons. The lowest BCUT2D eigenvalue weighted by Crippen LogP contribution is -2.46. The van der Waals surface area contributed by atoms with Gasteiger partial charge in [-0.05, 0) is 49.2 Å². The second kappa shape index (κ2) is 15.0. The Hall–Kier alpha value is -2.72. The summed E-state index contributed by atoms with van der Waals surface area (Å²) in [7, 11) is 0.0918. The molecule has 2 saturated heterocycles. The van der Waals surface area contributed by atoms with Crippen molar-refractivity contribution in [2.75, 3.05) is 53.9 Å². The van der Waals surface area contributed by atoms with Crippen molar-refractivity contribution in [1.29, 1.82) is 0 Å². The normalized spacial score (nSPS) is 23.6. The largest absolute Gasteiger partial charge is 0.497 e. The van der Waals surface area contributed by atoms with Gasteiger partial charge in [0.1, 0.15) is 23.1 Å². The maximum Gasteiger partial charge on any atom is 0.408 e. The lowest BCUT2D eigenvalue weighted by Gasteiger charge is -2.45. The Kier molecular flexibility index (Phi) is 11.4. The first-order chi connectivity index (χ1) is 19.9. The summed E-state index contributed by atoms with van der Waals surface area (Å²) in [5.41, 5.74) is 1.06. The molecule has 2 aromatic rings. The van der Waals surface area contributed by atoms with Gasteiger partial charge in [0.2, 0.25) is 0 Å². The average Bonchev–Trinajstić information content (AvgIpc) is 3.00. The van der Waals surface area contributed by atoms with Crippen LogP contribution in [-0.2, 0) is 27.6 Å². The third-order valence-electron chi connectivity index (χ3n) is 6.34. The van der Waals surface area contributed by atoms with Crippen molar-refractivity contribution in [3.05, 3.63) is 59.7 Å². The molecule has 41 heavy (non-hydrogen) atoms. The van der Waals surface area contributed by atoms with Crippen molar-refractivity contribution in [3.63, 3.8) is 0 Å². The maximum absolute atomic E-state index is 12.3. The highest BCUT2D eigenvalue weighted by atomic mass is 31.2. The molecular formula is C27H36N2O10P2. The third-order valence-corrected chi connectivity index (χ3v) is 9.57. The number of alkyl carbamates (subject to hydrolysis) is 2. The Morgan fingerprint density at radius 1 is 0.707 bits per heavy atom. The average molecular weight is 611 g/mol. The van der Waals surface area contributed by atoms with Gasteiger partial charge in [-0.2, -0.15) is 0 Å². The predicted octanol–water partition coefficient (Wildman–Crippen LogP) is 5.60. The molecule has 2 aromatic carbocycles. The van der Waals surface area contributed by atoms with Crippen molar-refractivity contribution in [1.82, 2.24) is 10.6 Å². The van der Waals surface area contributed by atoms with E-state index in [1.54, 1.807) is 28.1 Å². The number of ether oxygens (including phenoxy) is 4. The van der Waals surface area contributed by atoms with Gasteiger partial charge >= 0.3 is 12.2 Å². The molecule has 2 atom stereocenters. The van der Waals surface area contributed by atoms with Crippen molar-refractivity contribution >= 4 is 28.9 Å². The summed E-state index contributed by atoms with van der Waals surface area (Å²) in [5.74, 6) is 0.282. The molecule has 0 bridgehead atoms. The second-order valence-electron chi connectivity index (χ2n) is 9.25. The summed E-state index contributed by atoms with van der Waals surface area (Å²) in [6.45, 7) is 5.17. The first-order valence-corrected chi connectivity index (χ1v) is 15.6. The highest BCUT2D eigenvalue weighted by Gasteiger charge is 2.46. The molecule has 2 amide bonds. The highest BCUT2D eigenvalue weighted by Crippen LogP contribution is 2.60. The number of hydrogen-bond acceptors (Lipinski definition) is 10. The Labute approximate surface area is 242 Å².